The second-order valence-electron chi connectivity index (χ2n) is 16.0. The third-order valence-electron chi connectivity index (χ3n) is 12.5. The first-order valence-corrected chi connectivity index (χ1v) is 21.2. The maximum atomic E-state index is 6.52. The molecule has 0 aliphatic carbocycles. The van der Waals surface area contributed by atoms with Crippen LogP contribution in [-0.4, -0.2) is 0 Å². The van der Waals surface area contributed by atoms with E-state index in [4.69, 9.17) is 4.42 Å². The van der Waals surface area contributed by atoms with E-state index in [0.29, 0.717) is 0 Å². The largest absolute Gasteiger partial charge is 0.455 e. The Bertz CT molecular complexity index is 3610. The topological polar surface area (TPSA) is 16.4 Å². The Hall–Kier alpha value is -8.20. The first-order chi connectivity index (χ1) is 30.7. The van der Waals surface area contributed by atoms with E-state index in [2.05, 4.69) is 235 Å². The van der Waals surface area contributed by atoms with Crippen LogP contribution < -0.4 is 4.90 Å². The van der Waals surface area contributed by atoms with Gasteiger partial charge in [-0.1, -0.05) is 188 Å². The Kier molecular flexibility index (Phi) is 8.53. The Labute approximate surface area is 360 Å². The fraction of sp³-hybridized carbons (Fsp3) is 0. The SMILES string of the molecule is c1ccc(-c2ccc(N(c3ccc(-c4ccc5oc6c(-c7ccccc7)cccc6c5c4)cc3)c3ccc(-c4cc5ccccc5c5ccccc45)cc3)c3ccccc23)cc1. The number of rotatable bonds is 7. The third-order valence-corrected chi connectivity index (χ3v) is 12.5. The van der Waals surface area contributed by atoms with Crippen molar-refractivity contribution in [2.45, 2.75) is 0 Å². The minimum absolute atomic E-state index is 0.890. The van der Waals surface area contributed by atoms with Crippen LogP contribution in [0.1, 0.15) is 0 Å². The molecular weight excluding hydrogens is 751 g/mol. The standard InChI is InChI=1S/C60H39NO/c1-3-14-41(15-4-1)49-35-36-58(54-23-12-11-21-52(49)54)61(47-33-28-43(29-34-47)56-39-45-18-7-8-19-48(45)51-20-9-10-22-53(51)56)46-31-26-40(27-32-46)44-30-37-59-57(38-44)55-25-13-24-50(60(55)62-59)42-16-5-2-6-17-42/h1-39H. The molecule has 0 aliphatic rings. The number of fused-ring (bicyclic) bond motifs is 7. The van der Waals surface area contributed by atoms with Crippen molar-refractivity contribution < 1.29 is 4.42 Å². The predicted octanol–water partition coefficient (Wildman–Crippen LogP) is 17.2. The average Bonchev–Trinajstić information content (AvgIpc) is 3.73. The van der Waals surface area contributed by atoms with Crippen LogP contribution in [0.5, 0.6) is 0 Å². The second kappa shape index (κ2) is 14.8. The lowest BCUT2D eigenvalue weighted by molar-refractivity contribution is 0.670. The number of benzene rings is 11. The number of furan rings is 1. The maximum absolute atomic E-state index is 6.52. The normalized spacial score (nSPS) is 11.5. The molecule has 0 radical (unpaired) electrons. The fourth-order valence-corrected chi connectivity index (χ4v) is 9.48. The Morgan fingerprint density at radius 3 is 1.52 bits per heavy atom. The predicted molar refractivity (Wildman–Crippen MR) is 263 cm³/mol. The van der Waals surface area contributed by atoms with Gasteiger partial charge in [0.05, 0.1) is 5.69 Å². The lowest BCUT2D eigenvalue weighted by Crippen LogP contribution is -2.10. The zero-order valence-corrected chi connectivity index (χ0v) is 33.9. The summed E-state index contributed by atoms with van der Waals surface area (Å²) < 4.78 is 6.52. The van der Waals surface area contributed by atoms with Crippen LogP contribution in [0, 0.1) is 0 Å². The van der Waals surface area contributed by atoms with Gasteiger partial charge < -0.3 is 9.32 Å². The molecule has 0 bridgehead atoms. The molecule has 0 unspecified atom stereocenters. The lowest BCUT2D eigenvalue weighted by atomic mass is 9.93. The molecule has 0 N–H and O–H groups in total. The van der Waals surface area contributed by atoms with Crippen molar-refractivity contribution in [2.24, 2.45) is 0 Å². The smallest absolute Gasteiger partial charge is 0.143 e. The van der Waals surface area contributed by atoms with E-state index in [9.17, 15) is 0 Å². The molecule has 0 saturated carbocycles. The molecule has 11 aromatic carbocycles. The summed E-state index contributed by atoms with van der Waals surface area (Å²) in [5, 5.41) is 9.69. The molecule has 0 fully saturated rings. The van der Waals surface area contributed by atoms with Crippen LogP contribution in [-0.2, 0) is 0 Å². The number of anilines is 3. The molecule has 1 aromatic heterocycles. The molecule has 62 heavy (non-hydrogen) atoms. The van der Waals surface area contributed by atoms with Crippen LogP contribution in [0.15, 0.2) is 241 Å². The van der Waals surface area contributed by atoms with E-state index >= 15 is 0 Å². The Morgan fingerprint density at radius 1 is 0.274 bits per heavy atom. The van der Waals surface area contributed by atoms with Gasteiger partial charge in [-0.15, -0.1) is 0 Å². The van der Waals surface area contributed by atoms with Crippen molar-refractivity contribution in [1.82, 2.24) is 0 Å². The minimum Gasteiger partial charge on any atom is -0.455 e. The van der Waals surface area contributed by atoms with Crippen LogP contribution in [0.25, 0.3) is 98.8 Å². The van der Waals surface area contributed by atoms with Crippen molar-refractivity contribution >= 4 is 71.3 Å². The highest BCUT2D eigenvalue weighted by Gasteiger charge is 2.19. The molecule has 1 heterocycles. The van der Waals surface area contributed by atoms with E-state index in [0.717, 1.165) is 61.3 Å². The van der Waals surface area contributed by atoms with Gasteiger partial charge >= 0.3 is 0 Å². The zero-order chi connectivity index (χ0) is 41.0. The number of hydrogen-bond acceptors (Lipinski definition) is 2. The van der Waals surface area contributed by atoms with E-state index in [1.54, 1.807) is 0 Å². The summed E-state index contributed by atoms with van der Waals surface area (Å²) in [5.41, 5.74) is 14.5. The van der Waals surface area contributed by atoms with Gasteiger partial charge in [-0.25, -0.2) is 0 Å². The van der Waals surface area contributed by atoms with E-state index in [-0.39, 0.29) is 0 Å². The molecule has 12 aromatic rings. The minimum atomic E-state index is 0.890. The summed E-state index contributed by atoms with van der Waals surface area (Å²) in [7, 11) is 0. The van der Waals surface area contributed by atoms with Crippen LogP contribution >= 0.6 is 0 Å². The fourth-order valence-electron chi connectivity index (χ4n) is 9.48. The summed E-state index contributed by atoms with van der Waals surface area (Å²) in [6.07, 6.45) is 0. The molecule has 0 amide bonds. The van der Waals surface area contributed by atoms with Crippen molar-refractivity contribution in [3.05, 3.63) is 237 Å². The van der Waals surface area contributed by atoms with Crippen LogP contribution in [0.4, 0.5) is 17.1 Å². The lowest BCUT2D eigenvalue weighted by Gasteiger charge is -2.28. The van der Waals surface area contributed by atoms with Gasteiger partial charge in [0.15, 0.2) is 0 Å². The summed E-state index contributed by atoms with van der Waals surface area (Å²) >= 11 is 0. The van der Waals surface area contributed by atoms with Gasteiger partial charge in [0, 0.05) is 33.1 Å². The Balaban J connectivity index is 0.978. The first-order valence-electron chi connectivity index (χ1n) is 21.2. The first kappa shape index (κ1) is 35.7. The van der Waals surface area contributed by atoms with Crippen molar-refractivity contribution in [1.29, 1.82) is 0 Å². The monoisotopic (exact) mass is 789 g/mol. The van der Waals surface area contributed by atoms with Gasteiger partial charge in [-0.05, 0) is 114 Å². The molecule has 290 valence electrons. The van der Waals surface area contributed by atoms with Gasteiger partial charge in [0.1, 0.15) is 11.2 Å². The quantitative estimate of drug-likeness (QED) is 0.150. The van der Waals surface area contributed by atoms with Crippen molar-refractivity contribution in [3.8, 4) is 44.5 Å². The highest BCUT2D eigenvalue weighted by Crippen LogP contribution is 2.44. The van der Waals surface area contributed by atoms with E-state index < -0.39 is 0 Å². The molecule has 12 rings (SSSR count). The number of hydrogen-bond donors (Lipinski definition) is 0. The van der Waals surface area contributed by atoms with Crippen LogP contribution in [0.2, 0.25) is 0 Å². The molecule has 0 atom stereocenters. The van der Waals surface area contributed by atoms with Gasteiger partial charge in [-0.3, -0.25) is 0 Å². The number of para-hydroxylation sites is 1. The van der Waals surface area contributed by atoms with Gasteiger partial charge in [-0.2, -0.15) is 0 Å². The van der Waals surface area contributed by atoms with Gasteiger partial charge in [0.25, 0.3) is 0 Å². The molecule has 0 saturated heterocycles. The van der Waals surface area contributed by atoms with Crippen molar-refractivity contribution in [3.63, 3.8) is 0 Å². The number of nitrogens with zero attached hydrogens (tertiary/aromatic N) is 1. The highest BCUT2D eigenvalue weighted by molar-refractivity contribution is 6.14. The molecule has 2 nitrogen and oxygen atoms in total. The zero-order valence-electron chi connectivity index (χ0n) is 33.9. The van der Waals surface area contributed by atoms with Gasteiger partial charge in [0.2, 0.25) is 0 Å². The Morgan fingerprint density at radius 2 is 0.806 bits per heavy atom. The molecule has 0 aliphatic heterocycles. The summed E-state index contributed by atoms with van der Waals surface area (Å²) in [4.78, 5) is 2.40. The van der Waals surface area contributed by atoms with E-state index in [1.165, 1.54) is 54.6 Å². The molecule has 2 heteroatoms. The molecular formula is C60H39NO. The van der Waals surface area contributed by atoms with Crippen LogP contribution in [0.3, 0.4) is 0 Å². The molecule has 0 spiro atoms. The maximum Gasteiger partial charge on any atom is 0.143 e. The van der Waals surface area contributed by atoms with E-state index in [1.807, 2.05) is 6.07 Å². The summed E-state index contributed by atoms with van der Waals surface area (Å²) in [6.45, 7) is 0. The van der Waals surface area contributed by atoms with Crippen molar-refractivity contribution in [2.75, 3.05) is 4.90 Å². The highest BCUT2D eigenvalue weighted by atomic mass is 16.3. The second-order valence-corrected chi connectivity index (χ2v) is 16.0. The average molecular weight is 790 g/mol. The third kappa shape index (κ3) is 6.04. The summed E-state index contributed by atoms with van der Waals surface area (Å²) in [6, 6.07) is 85.4. The summed E-state index contributed by atoms with van der Waals surface area (Å²) in [5.74, 6) is 0.